The smallest absolute Gasteiger partial charge is 0.333 e. The lowest BCUT2D eigenvalue weighted by molar-refractivity contribution is -0.134. The van der Waals surface area contributed by atoms with Gasteiger partial charge in [0.05, 0.1) is 31.7 Å². The monoisotopic (exact) mass is 774 g/mol. The van der Waals surface area contributed by atoms with Crippen molar-refractivity contribution in [2.45, 2.75) is 51.4 Å². The van der Waals surface area contributed by atoms with Gasteiger partial charge in [0, 0.05) is 60.8 Å². The molecule has 15 heteroatoms. The van der Waals surface area contributed by atoms with Crippen LogP contribution in [-0.2, 0) is 40.7 Å². The molecular weight excluding hydrogens is 733 g/mol. The number of likely N-dealkylation sites (N-methyl/N-ethyl adjacent to an activating group) is 2. The van der Waals surface area contributed by atoms with Gasteiger partial charge in [-0.25, -0.2) is 21.6 Å². The average molecular weight is 775 g/mol. The van der Waals surface area contributed by atoms with Crippen molar-refractivity contribution in [3.63, 3.8) is 0 Å². The van der Waals surface area contributed by atoms with Crippen LogP contribution in [0.15, 0.2) is 107 Å². The molecule has 4 amide bonds. The fraction of sp³-hybridized carbons (Fsp3) is 0.359. The zero-order valence-corrected chi connectivity index (χ0v) is 32.6. The van der Waals surface area contributed by atoms with Gasteiger partial charge in [-0.2, -0.15) is 0 Å². The highest BCUT2D eigenvalue weighted by molar-refractivity contribution is 7.85. The molecule has 3 aliphatic heterocycles. The van der Waals surface area contributed by atoms with Crippen molar-refractivity contribution < 1.29 is 40.3 Å². The van der Waals surface area contributed by atoms with Gasteiger partial charge in [-0.05, 0) is 65.0 Å². The molecule has 2 fully saturated rings. The molecule has 2 aromatic rings. The number of imide groups is 2. The Balaban J connectivity index is 1.51. The second-order valence-corrected chi connectivity index (χ2v) is 17.9. The third-order valence-corrected chi connectivity index (χ3v) is 12.1. The van der Waals surface area contributed by atoms with Gasteiger partial charge < -0.3 is 18.9 Å². The van der Waals surface area contributed by atoms with Crippen LogP contribution >= 0.6 is 0 Å². The van der Waals surface area contributed by atoms with E-state index in [0.29, 0.717) is 41.0 Å². The molecule has 0 aromatic heterocycles. The maximum atomic E-state index is 13.8. The van der Waals surface area contributed by atoms with Gasteiger partial charge in [0.1, 0.15) is 5.57 Å². The number of para-hydroxylation sites is 2. The molecule has 13 nitrogen and oxygen atoms in total. The Kier molecular flexibility index (Phi) is 9.93. The molecule has 286 valence electrons. The number of amides is 4. The van der Waals surface area contributed by atoms with E-state index in [4.69, 9.17) is 0 Å². The number of urea groups is 1. The van der Waals surface area contributed by atoms with Crippen molar-refractivity contribution in [3.8, 4) is 0 Å². The maximum absolute atomic E-state index is 13.8. The Morgan fingerprint density at radius 1 is 0.611 bits per heavy atom. The van der Waals surface area contributed by atoms with E-state index in [1.165, 1.54) is 14.1 Å². The first-order valence-corrected chi connectivity index (χ1v) is 20.6. The minimum Gasteiger partial charge on any atom is -0.748 e. The van der Waals surface area contributed by atoms with Gasteiger partial charge in [-0.1, -0.05) is 76.2 Å². The molecule has 0 radical (unpaired) electrons. The first kappa shape index (κ1) is 38.9. The summed E-state index contributed by atoms with van der Waals surface area (Å²) in [6, 6.07) is 14.3. The van der Waals surface area contributed by atoms with Crippen molar-refractivity contribution in [1.29, 1.82) is 0 Å². The Morgan fingerprint density at radius 3 is 1.35 bits per heavy atom. The lowest BCUT2D eigenvalue weighted by Crippen LogP contribution is -2.53. The molecule has 0 atom stereocenters. The fourth-order valence-corrected chi connectivity index (χ4v) is 8.76. The molecule has 1 saturated carbocycles. The summed E-state index contributed by atoms with van der Waals surface area (Å²) in [6.45, 7) is 7.80. The highest BCUT2D eigenvalue weighted by atomic mass is 32.2. The largest absolute Gasteiger partial charge is 0.748 e. The van der Waals surface area contributed by atoms with Crippen molar-refractivity contribution in [1.82, 2.24) is 9.80 Å². The fourth-order valence-electron chi connectivity index (χ4n) is 7.95. The number of carbonyl (C=O) groups excluding carboxylic acids is 3. The van der Waals surface area contributed by atoms with Crippen LogP contribution in [0, 0.1) is 0 Å². The number of benzene rings is 2. The number of hydrogen-bond acceptors (Lipinski definition) is 11. The molecule has 1 saturated heterocycles. The van der Waals surface area contributed by atoms with E-state index in [9.17, 15) is 40.3 Å². The van der Waals surface area contributed by atoms with E-state index in [0.717, 1.165) is 32.3 Å². The molecular formula is C39H42N4O9S2-2. The van der Waals surface area contributed by atoms with Crippen molar-refractivity contribution >= 4 is 49.5 Å². The summed E-state index contributed by atoms with van der Waals surface area (Å²) in [5.74, 6) is -2.75. The second kappa shape index (κ2) is 13.8. The number of allylic oxidation sites excluding steroid dienone is 9. The van der Waals surface area contributed by atoms with Gasteiger partial charge in [0.2, 0.25) is 0 Å². The first-order valence-electron chi connectivity index (χ1n) is 17.4. The zero-order chi connectivity index (χ0) is 39.5. The van der Waals surface area contributed by atoms with Crippen LogP contribution in [0.4, 0.5) is 16.2 Å². The Bertz CT molecular complexity index is 2190. The number of barbiturate groups is 1. The van der Waals surface area contributed by atoms with Crippen molar-refractivity contribution in [2.24, 2.45) is 0 Å². The van der Waals surface area contributed by atoms with Crippen molar-refractivity contribution in [3.05, 3.63) is 118 Å². The van der Waals surface area contributed by atoms with Gasteiger partial charge in [-0.15, -0.1) is 0 Å². The third kappa shape index (κ3) is 6.96. The van der Waals surface area contributed by atoms with E-state index >= 15 is 0 Å². The summed E-state index contributed by atoms with van der Waals surface area (Å²) in [5, 5.41) is 0. The SMILES string of the molecule is CN1C(=O)C(=C2/C(=C/C=C3/N(CCS(=O)(=O)[O-])c4ccccc4C3(C)C)CC/C2=C\C=C2\N(CCS(=O)(=O)[O-])c3ccccc3C2(C)C)C(=O)N(C)C1=O. The van der Waals surface area contributed by atoms with Gasteiger partial charge in [0.25, 0.3) is 11.8 Å². The van der Waals surface area contributed by atoms with E-state index in [-0.39, 0.29) is 18.7 Å². The zero-order valence-electron chi connectivity index (χ0n) is 31.0. The molecule has 1 aliphatic carbocycles. The Hall–Kier alpha value is -4.83. The van der Waals surface area contributed by atoms with E-state index < -0.39 is 60.4 Å². The molecule has 0 unspecified atom stereocenters. The maximum Gasteiger partial charge on any atom is 0.333 e. The normalized spacial score (nSPS) is 22.9. The average Bonchev–Trinajstić information content (AvgIpc) is 3.66. The number of rotatable bonds is 8. The molecule has 0 spiro atoms. The van der Waals surface area contributed by atoms with Gasteiger partial charge in [-0.3, -0.25) is 19.4 Å². The highest BCUT2D eigenvalue weighted by Crippen LogP contribution is 2.50. The van der Waals surface area contributed by atoms with Gasteiger partial charge in [0.15, 0.2) is 0 Å². The van der Waals surface area contributed by atoms with Crippen LogP contribution in [0.3, 0.4) is 0 Å². The van der Waals surface area contributed by atoms with Crippen LogP contribution in [0.1, 0.15) is 51.7 Å². The minimum absolute atomic E-state index is 0.0784. The molecule has 0 bridgehead atoms. The summed E-state index contributed by atoms with van der Waals surface area (Å²) >= 11 is 0. The number of nitrogens with zero attached hydrogens (tertiary/aromatic N) is 4. The van der Waals surface area contributed by atoms with Crippen LogP contribution in [0.5, 0.6) is 0 Å². The van der Waals surface area contributed by atoms with E-state index in [2.05, 4.69) is 0 Å². The topological polar surface area (TPSA) is 179 Å². The highest BCUT2D eigenvalue weighted by Gasteiger charge is 2.44. The predicted octanol–water partition coefficient (Wildman–Crippen LogP) is 4.43. The van der Waals surface area contributed by atoms with Crippen LogP contribution in [0.2, 0.25) is 0 Å². The Labute approximate surface area is 316 Å². The lowest BCUT2D eigenvalue weighted by atomic mass is 9.83. The first-order chi connectivity index (χ1) is 25.1. The quantitative estimate of drug-likeness (QED) is 0.211. The molecule has 54 heavy (non-hydrogen) atoms. The van der Waals surface area contributed by atoms with Crippen LogP contribution in [0.25, 0.3) is 0 Å². The van der Waals surface area contributed by atoms with E-state index in [1.54, 1.807) is 22.0 Å². The lowest BCUT2D eigenvalue weighted by Gasteiger charge is -2.30. The summed E-state index contributed by atoms with van der Waals surface area (Å²) < 4.78 is 70.3. The van der Waals surface area contributed by atoms with E-state index in [1.807, 2.05) is 88.4 Å². The van der Waals surface area contributed by atoms with Crippen LogP contribution < -0.4 is 9.80 Å². The summed E-state index contributed by atoms with van der Waals surface area (Å²) in [7, 11) is -6.45. The summed E-state index contributed by atoms with van der Waals surface area (Å²) in [5.41, 5.74) is 5.04. The number of hydrogen-bond donors (Lipinski definition) is 0. The molecule has 0 N–H and O–H groups in total. The van der Waals surface area contributed by atoms with Crippen molar-refractivity contribution in [2.75, 3.05) is 48.5 Å². The predicted molar refractivity (Wildman–Crippen MR) is 202 cm³/mol. The van der Waals surface area contributed by atoms with Gasteiger partial charge >= 0.3 is 6.03 Å². The third-order valence-electron chi connectivity index (χ3n) is 10.8. The molecule has 4 aliphatic rings. The number of fused-ring (bicyclic) bond motifs is 2. The minimum atomic E-state index is -4.53. The summed E-state index contributed by atoms with van der Waals surface area (Å²) in [6.07, 6.45) is 8.07. The van der Waals surface area contributed by atoms with Crippen LogP contribution in [-0.4, -0.2) is 92.3 Å². The standard InChI is InChI=1S/C39H44N4O9S2/c1-38(2)27-11-7-9-13-29(27)42(21-23-53(47,48)49)31(38)19-17-25-15-16-26(33(25)34-35(44)40(5)37(46)41(6)36(34)45)18-20-32-39(3,4)28-12-8-10-14-30(28)43(32)22-24-54(50,51)52/h7-14,17-20H,15-16,21-24H2,1-6H3,(H,47,48,49)(H,50,51,52)/p-2/b25-17+,26-18+,31-19+,32-20+. The second-order valence-electron chi connectivity index (χ2n) is 14.9. The molecule has 3 heterocycles. The summed E-state index contributed by atoms with van der Waals surface area (Å²) in [4.78, 5) is 45.7. The molecule has 2 aromatic carbocycles. The molecule has 6 rings (SSSR count). The Morgan fingerprint density at radius 2 is 0.981 bits per heavy atom. The number of anilines is 2. The number of carbonyl (C=O) groups is 3.